The lowest BCUT2D eigenvalue weighted by Crippen LogP contribution is -2.22. The highest BCUT2D eigenvalue weighted by Gasteiger charge is 2.20. The van der Waals surface area contributed by atoms with Crippen molar-refractivity contribution in [1.82, 2.24) is 10.3 Å². The Morgan fingerprint density at radius 1 is 1.17 bits per heavy atom. The predicted molar refractivity (Wildman–Crippen MR) is 83.6 cm³/mol. The number of halogens is 1. The van der Waals surface area contributed by atoms with Gasteiger partial charge in [-0.25, -0.2) is 0 Å². The summed E-state index contributed by atoms with van der Waals surface area (Å²) in [5.74, 6) is 0.342. The fourth-order valence-electron chi connectivity index (χ4n) is 2.22. The largest absolute Gasteiger partial charge is 0.312 e. The van der Waals surface area contributed by atoms with E-state index in [4.69, 9.17) is 0 Å². The highest BCUT2D eigenvalue weighted by Crippen LogP contribution is 2.29. The molecule has 18 heavy (non-hydrogen) atoms. The van der Waals surface area contributed by atoms with Crippen LogP contribution >= 0.6 is 22.6 Å². The lowest BCUT2D eigenvalue weighted by Gasteiger charge is -2.23. The molecule has 0 fully saturated rings. The number of benzene rings is 1. The number of nitrogens with one attached hydrogen (secondary N) is 1. The van der Waals surface area contributed by atoms with Crippen molar-refractivity contribution < 1.29 is 0 Å². The molecule has 2 aromatic rings. The van der Waals surface area contributed by atoms with Crippen molar-refractivity contribution >= 4 is 22.6 Å². The van der Waals surface area contributed by atoms with E-state index in [0.29, 0.717) is 5.92 Å². The van der Waals surface area contributed by atoms with E-state index in [1.54, 1.807) is 0 Å². The van der Waals surface area contributed by atoms with Crippen LogP contribution < -0.4 is 5.32 Å². The van der Waals surface area contributed by atoms with E-state index >= 15 is 0 Å². The van der Waals surface area contributed by atoms with Crippen molar-refractivity contribution in [1.29, 1.82) is 0 Å². The summed E-state index contributed by atoms with van der Waals surface area (Å²) >= 11 is 2.35. The van der Waals surface area contributed by atoms with Crippen LogP contribution in [0.25, 0.3) is 0 Å². The quantitative estimate of drug-likeness (QED) is 0.848. The number of hydrogen-bond acceptors (Lipinski definition) is 2. The maximum Gasteiger partial charge on any atom is 0.0450 e. The monoisotopic (exact) mass is 352 g/mol. The van der Waals surface area contributed by atoms with Crippen molar-refractivity contribution in [2.75, 3.05) is 7.05 Å². The molecule has 2 atom stereocenters. The molecule has 0 spiro atoms. The number of aromatic nitrogens is 1. The summed E-state index contributed by atoms with van der Waals surface area (Å²) in [5.41, 5.74) is 2.43. The third-order valence-corrected chi connectivity index (χ3v) is 3.84. The first-order valence-corrected chi connectivity index (χ1v) is 7.14. The molecular formula is C15H17IN2. The Kier molecular flexibility index (Phi) is 4.72. The maximum absolute atomic E-state index is 4.45. The van der Waals surface area contributed by atoms with E-state index in [1.807, 2.05) is 25.4 Å². The van der Waals surface area contributed by atoms with Crippen LogP contribution in [0.3, 0.4) is 0 Å². The SMILES string of the molecule is CNC(c1cccc(I)c1)C(C)c1ccccn1. The Labute approximate surface area is 122 Å². The van der Waals surface area contributed by atoms with Gasteiger partial charge in [0.25, 0.3) is 0 Å². The number of nitrogens with zero attached hydrogens (tertiary/aromatic N) is 1. The van der Waals surface area contributed by atoms with Gasteiger partial charge in [-0.2, -0.15) is 0 Å². The molecular weight excluding hydrogens is 335 g/mol. The summed E-state index contributed by atoms with van der Waals surface area (Å²) < 4.78 is 1.26. The number of likely N-dealkylation sites (N-methyl/N-ethyl adjacent to an activating group) is 1. The van der Waals surface area contributed by atoms with Gasteiger partial charge in [0.05, 0.1) is 0 Å². The van der Waals surface area contributed by atoms with Crippen LogP contribution in [-0.2, 0) is 0 Å². The van der Waals surface area contributed by atoms with E-state index in [9.17, 15) is 0 Å². The third-order valence-electron chi connectivity index (χ3n) is 3.17. The molecule has 3 heteroatoms. The molecule has 2 rings (SSSR count). The van der Waals surface area contributed by atoms with Crippen molar-refractivity contribution in [3.63, 3.8) is 0 Å². The average molecular weight is 352 g/mol. The zero-order chi connectivity index (χ0) is 13.0. The molecule has 0 bridgehead atoms. The van der Waals surface area contributed by atoms with Gasteiger partial charge in [-0.1, -0.05) is 25.1 Å². The van der Waals surface area contributed by atoms with E-state index in [0.717, 1.165) is 5.69 Å². The van der Waals surface area contributed by atoms with E-state index in [2.05, 4.69) is 70.1 Å². The Balaban J connectivity index is 2.29. The molecule has 1 N–H and O–H groups in total. The van der Waals surface area contributed by atoms with Gasteiger partial charge in [0.2, 0.25) is 0 Å². The standard InChI is InChI=1S/C15H17IN2/c1-11(14-8-3-4-9-18-14)15(17-2)12-6-5-7-13(16)10-12/h3-11,15,17H,1-2H3. The molecule has 0 radical (unpaired) electrons. The molecule has 94 valence electrons. The molecule has 0 saturated heterocycles. The summed E-state index contributed by atoms with van der Waals surface area (Å²) in [6.07, 6.45) is 1.85. The molecule has 0 amide bonds. The Morgan fingerprint density at radius 2 is 2.00 bits per heavy atom. The minimum absolute atomic E-state index is 0.287. The third kappa shape index (κ3) is 3.09. The summed E-state index contributed by atoms with van der Waals surface area (Å²) in [6, 6.07) is 15.0. The molecule has 1 aromatic heterocycles. The maximum atomic E-state index is 4.45. The Bertz CT molecular complexity index is 499. The molecule has 2 unspecified atom stereocenters. The van der Waals surface area contributed by atoms with Gasteiger partial charge in [-0.15, -0.1) is 0 Å². The van der Waals surface area contributed by atoms with Crippen LogP contribution in [0, 0.1) is 3.57 Å². The summed E-state index contributed by atoms with van der Waals surface area (Å²) in [7, 11) is 2.00. The second kappa shape index (κ2) is 6.29. The molecule has 0 saturated carbocycles. The summed E-state index contributed by atoms with van der Waals surface area (Å²) in [4.78, 5) is 4.45. The molecule has 2 nitrogen and oxygen atoms in total. The van der Waals surface area contributed by atoms with Crippen LogP contribution in [0.1, 0.15) is 30.1 Å². The molecule has 1 aromatic carbocycles. The first kappa shape index (κ1) is 13.5. The zero-order valence-electron chi connectivity index (χ0n) is 10.6. The fourth-order valence-corrected chi connectivity index (χ4v) is 2.79. The Hall–Kier alpha value is -0.940. The van der Waals surface area contributed by atoms with Gasteiger partial charge in [0, 0.05) is 27.4 Å². The highest BCUT2D eigenvalue weighted by atomic mass is 127. The zero-order valence-corrected chi connectivity index (χ0v) is 12.8. The van der Waals surface area contributed by atoms with Crippen LogP contribution in [0.4, 0.5) is 0 Å². The van der Waals surface area contributed by atoms with Gasteiger partial charge in [0.15, 0.2) is 0 Å². The van der Waals surface area contributed by atoms with Gasteiger partial charge < -0.3 is 5.32 Å². The fraction of sp³-hybridized carbons (Fsp3) is 0.267. The smallest absolute Gasteiger partial charge is 0.0450 e. The molecule has 0 aliphatic carbocycles. The molecule has 0 aliphatic rings. The number of hydrogen-bond donors (Lipinski definition) is 1. The van der Waals surface area contributed by atoms with Gasteiger partial charge >= 0.3 is 0 Å². The first-order chi connectivity index (χ1) is 8.72. The van der Waals surface area contributed by atoms with Crippen LogP contribution in [0.5, 0.6) is 0 Å². The number of pyridine rings is 1. The van der Waals surface area contributed by atoms with E-state index in [-0.39, 0.29) is 6.04 Å². The van der Waals surface area contributed by atoms with Crippen molar-refractivity contribution in [3.05, 3.63) is 63.5 Å². The van der Waals surface area contributed by atoms with Gasteiger partial charge in [-0.05, 0) is 59.5 Å². The minimum Gasteiger partial charge on any atom is -0.312 e. The lowest BCUT2D eigenvalue weighted by atomic mass is 9.91. The normalized spacial score (nSPS) is 14.2. The molecule has 1 heterocycles. The molecule has 0 aliphatic heterocycles. The second-order valence-electron chi connectivity index (χ2n) is 4.36. The average Bonchev–Trinajstić information content (AvgIpc) is 2.40. The number of rotatable bonds is 4. The minimum atomic E-state index is 0.287. The predicted octanol–water partition coefficient (Wildman–Crippen LogP) is 3.75. The van der Waals surface area contributed by atoms with Crippen LogP contribution in [-0.4, -0.2) is 12.0 Å². The lowest BCUT2D eigenvalue weighted by molar-refractivity contribution is 0.499. The topological polar surface area (TPSA) is 24.9 Å². The van der Waals surface area contributed by atoms with Gasteiger partial charge in [-0.3, -0.25) is 4.98 Å². The highest BCUT2D eigenvalue weighted by molar-refractivity contribution is 14.1. The van der Waals surface area contributed by atoms with Crippen molar-refractivity contribution in [2.45, 2.75) is 18.9 Å². The summed E-state index contributed by atoms with van der Waals surface area (Å²) in [5, 5.41) is 3.40. The van der Waals surface area contributed by atoms with Crippen molar-refractivity contribution in [3.8, 4) is 0 Å². The van der Waals surface area contributed by atoms with Crippen LogP contribution in [0.2, 0.25) is 0 Å². The Morgan fingerprint density at radius 3 is 2.61 bits per heavy atom. The summed E-state index contributed by atoms with van der Waals surface area (Å²) in [6.45, 7) is 2.21. The second-order valence-corrected chi connectivity index (χ2v) is 5.61. The van der Waals surface area contributed by atoms with E-state index < -0.39 is 0 Å². The first-order valence-electron chi connectivity index (χ1n) is 6.06. The van der Waals surface area contributed by atoms with Crippen molar-refractivity contribution in [2.24, 2.45) is 0 Å². The van der Waals surface area contributed by atoms with Gasteiger partial charge in [0.1, 0.15) is 0 Å². The van der Waals surface area contributed by atoms with E-state index in [1.165, 1.54) is 9.13 Å². The van der Waals surface area contributed by atoms with Crippen LogP contribution in [0.15, 0.2) is 48.7 Å².